The predicted octanol–water partition coefficient (Wildman–Crippen LogP) is 5.41. The molecule has 1 aliphatic rings. The first kappa shape index (κ1) is 23.2. The first-order valence-electron chi connectivity index (χ1n) is 11.2. The van der Waals surface area contributed by atoms with E-state index in [0.29, 0.717) is 17.2 Å². The zero-order chi connectivity index (χ0) is 24.6. The number of halogens is 1. The molecular formula is C27H26FN3O3. The third kappa shape index (κ3) is 4.17. The normalized spacial score (nSPS) is 16.2. The summed E-state index contributed by atoms with van der Waals surface area (Å²) in [4.78, 5) is 39.4. The van der Waals surface area contributed by atoms with Gasteiger partial charge in [0.2, 0.25) is 0 Å². The standard InChI is InChI=1S/C27H26FN3O3/c1-5-16(2)19-6-10-23(11-7-19)31-26(33)24(25(32)29-27(31)34)15-20-14-17(3)30(18(20)4)22-12-8-21(28)9-13-22/h6-16H,5H2,1-4H3,(H,29,32,34)/b24-15-/t16-/m1/s1. The van der Waals surface area contributed by atoms with Crippen LogP contribution in [0.4, 0.5) is 14.9 Å². The summed E-state index contributed by atoms with van der Waals surface area (Å²) in [7, 11) is 0. The number of rotatable bonds is 5. The van der Waals surface area contributed by atoms with Crippen LogP contribution in [-0.2, 0) is 9.59 Å². The number of barbiturate groups is 1. The van der Waals surface area contributed by atoms with E-state index < -0.39 is 17.8 Å². The van der Waals surface area contributed by atoms with Crippen LogP contribution in [-0.4, -0.2) is 22.4 Å². The number of nitrogens with one attached hydrogen (secondary N) is 1. The number of nitrogens with zero attached hydrogens (tertiary/aromatic N) is 2. The van der Waals surface area contributed by atoms with Gasteiger partial charge in [-0.2, -0.15) is 0 Å². The van der Waals surface area contributed by atoms with E-state index in [1.165, 1.54) is 18.2 Å². The quantitative estimate of drug-likeness (QED) is 0.409. The highest BCUT2D eigenvalue weighted by Crippen LogP contribution is 2.27. The van der Waals surface area contributed by atoms with Gasteiger partial charge in [0.05, 0.1) is 5.69 Å². The molecule has 1 saturated heterocycles. The topological polar surface area (TPSA) is 71.4 Å². The zero-order valence-electron chi connectivity index (χ0n) is 19.6. The average molecular weight is 460 g/mol. The molecule has 2 heterocycles. The number of carbonyl (C=O) groups is 3. The van der Waals surface area contributed by atoms with Crippen LogP contribution >= 0.6 is 0 Å². The molecule has 0 radical (unpaired) electrons. The number of hydrogen-bond donors (Lipinski definition) is 1. The minimum absolute atomic E-state index is 0.134. The molecule has 0 aliphatic carbocycles. The van der Waals surface area contributed by atoms with Gasteiger partial charge in [0, 0.05) is 17.1 Å². The van der Waals surface area contributed by atoms with Crippen molar-refractivity contribution in [2.24, 2.45) is 0 Å². The molecule has 0 unspecified atom stereocenters. The second-order valence-electron chi connectivity index (χ2n) is 8.50. The Balaban J connectivity index is 1.70. The van der Waals surface area contributed by atoms with Crippen LogP contribution in [0.5, 0.6) is 0 Å². The Morgan fingerprint density at radius 3 is 2.21 bits per heavy atom. The number of carbonyl (C=O) groups excluding carboxylic acids is 3. The third-order valence-corrected chi connectivity index (χ3v) is 6.29. The monoisotopic (exact) mass is 459 g/mol. The Kier molecular flexibility index (Phi) is 6.20. The lowest BCUT2D eigenvalue weighted by Crippen LogP contribution is -2.54. The summed E-state index contributed by atoms with van der Waals surface area (Å²) in [5, 5.41) is 2.27. The molecule has 1 N–H and O–H groups in total. The van der Waals surface area contributed by atoms with Gasteiger partial charge in [-0.3, -0.25) is 14.9 Å². The Labute approximate surface area is 197 Å². The Bertz CT molecular complexity index is 1300. The van der Waals surface area contributed by atoms with Crippen LogP contribution in [0.3, 0.4) is 0 Å². The van der Waals surface area contributed by atoms with Crippen molar-refractivity contribution in [2.75, 3.05) is 4.90 Å². The minimum Gasteiger partial charge on any atom is -0.318 e. The van der Waals surface area contributed by atoms with Crippen molar-refractivity contribution in [2.45, 2.75) is 40.0 Å². The van der Waals surface area contributed by atoms with Crippen molar-refractivity contribution < 1.29 is 18.8 Å². The number of aryl methyl sites for hydroxylation is 1. The largest absolute Gasteiger partial charge is 0.335 e. The van der Waals surface area contributed by atoms with Crippen LogP contribution in [0, 0.1) is 19.7 Å². The van der Waals surface area contributed by atoms with Gasteiger partial charge in [-0.15, -0.1) is 0 Å². The van der Waals surface area contributed by atoms with Crippen molar-refractivity contribution in [1.82, 2.24) is 9.88 Å². The van der Waals surface area contributed by atoms with E-state index in [4.69, 9.17) is 0 Å². The number of urea groups is 1. The van der Waals surface area contributed by atoms with Gasteiger partial charge in [-0.05, 0) is 85.9 Å². The van der Waals surface area contributed by atoms with Gasteiger partial charge < -0.3 is 4.57 Å². The molecule has 1 aromatic heterocycles. The van der Waals surface area contributed by atoms with Crippen molar-refractivity contribution in [1.29, 1.82) is 0 Å². The number of aromatic nitrogens is 1. The first-order chi connectivity index (χ1) is 16.2. The molecule has 1 aliphatic heterocycles. The molecule has 1 atom stereocenters. The highest BCUT2D eigenvalue weighted by Gasteiger charge is 2.37. The van der Waals surface area contributed by atoms with E-state index in [1.54, 1.807) is 24.3 Å². The number of imide groups is 2. The van der Waals surface area contributed by atoms with Gasteiger partial charge in [-0.1, -0.05) is 26.0 Å². The number of benzene rings is 2. The molecule has 7 heteroatoms. The second-order valence-corrected chi connectivity index (χ2v) is 8.50. The highest BCUT2D eigenvalue weighted by molar-refractivity contribution is 6.39. The molecule has 2 aromatic carbocycles. The maximum Gasteiger partial charge on any atom is 0.335 e. The number of anilines is 1. The smallest absolute Gasteiger partial charge is 0.318 e. The summed E-state index contributed by atoms with van der Waals surface area (Å²) in [6.07, 6.45) is 2.47. The molecule has 174 valence electrons. The van der Waals surface area contributed by atoms with Gasteiger partial charge in [0.1, 0.15) is 11.4 Å². The Morgan fingerprint density at radius 2 is 1.59 bits per heavy atom. The van der Waals surface area contributed by atoms with Crippen LogP contribution in [0.25, 0.3) is 11.8 Å². The first-order valence-corrected chi connectivity index (χ1v) is 11.2. The summed E-state index contributed by atoms with van der Waals surface area (Å²) in [5.41, 5.74) is 4.41. The molecule has 34 heavy (non-hydrogen) atoms. The maximum atomic E-state index is 13.4. The maximum absolute atomic E-state index is 13.4. The van der Waals surface area contributed by atoms with Gasteiger partial charge >= 0.3 is 6.03 Å². The SMILES string of the molecule is CC[C@@H](C)c1ccc(N2C(=O)NC(=O)/C(=C/c3cc(C)n(-c4ccc(F)cc4)c3C)C2=O)cc1. The van der Waals surface area contributed by atoms with Crippen LogP contribution in [0.1, 0.15) is 48.7 Å². The lowest BCUT2D eigenvalue weighted by molar-refractivity contribution is -0.122. The van der Waals surface area contributed by atoms with E-state index in [0.717, 1.165) is 34.0 Å². The molecular weight excluding hydrogens is 433 g/mol. The zero-order valence-corrected chi connectivity index (χ0v) is 19.6. The summed E-state index contributed by atoms with van der Waals surface area (Å²) in [6, 6.07) is 14.3. The molecule has 1 fully saturated rings. The van der Waals surface area contributed by atoms with Crippen LogP contribution < -0.4 is 10.2 Å². The average Bonchev–Trinajstić information content (AvgIpc) is 3.09. The highest BCUT2D eigenvalue weighted by atomic mass is 19.1. The molecule has 6 nitrogen and oxygen atoms in total. The predicted molar refractivity (Wildman–Crippen MR) is 129 cm³/mol. The summed E-state index contributed by atoms with van der Waals surface area (Å²) >= 11 is 0. The number of hydrogen-bond acceptors (Lipinski definition) is 3. The van der Waals surface area contributed by atoms with E-state index in [2.05, 4.69) is 19.2 Å². The fourth-order valence-corrected chi connectivity index (χ4v) is 4.16. The Morgan fingerprint density at radius 1 is 0.971 bits per heavy atom. The third-order valence-electron chi connectivity index (χ3n) is 6.29. The Hall–Kier alpha value is -4.00. The molecule has 0 saturated carbocycles. The number of amides is 4. The molecule has 4 rings (SSSR count). The molecule has 3 aromatic rings. The van der Waals surface area contributed by atoms with Gasteiger partial charge in [0.15, 0.2) is 0 Å². The summed E-state index contributed by atoms with van der Waals surface area (Å²) < 4.78 is 15.3. The van der Waals surface area contributed by atoms with Gasteiger partial charge in [0.25, 0.3) is 11.8 Å². The summed E-state index contributed by atoms with van der Waals surface area (Å²) in [6.45, 7) is 7.94. The fourth-order valence-electron chi connectivity index (χ4n) is 4.16. The lowest BCUT2D eigenvalue weighted by atomic mass is 9.98. The van der Waals surface area contributed by atoms with Crippen molar-refractivity contribution >= 4 is 29.6 Å². The lowest BCUT2D eigenvalue weighted by Gasteiger charge is -2.26. The fraction of sp³-hybridized carbons (Fsp3) is 0.222. The van der Waals surface area contributed by atoms with Crippen LogP contribution in [0.2, 0.25) is 0 Å². The minimum atomic E-state index is -0.778. The van der Waals surface area contributed by atoms with E-state index in [1.807, 2.05) is 36.6 Å². The summed E-state index contributed by atoms with van der Waals surface area (Å²) in [5.74, 6) is -1.40. The second kappa shape index (κ2) is 9.09. The van der Waals surface area contributed by atoms with E-state index >= 15 is 0 Å². The van der Waals surface area contributed by atoms with Crippen molar-refractivity contribution in [3.63, 3.8) is 0 Å². The van der Waals surface area contributed by atoms with E-state index in [9.17, 15) is 18.8 Å². The van der Waals surface area contributed by atoms with Gasteiger partial charge in [-0.25, -0.2) is 14.1 Å². The van der Waals surface area contributed by atoms with Crippen LogP contribution in [0.15, 0.2) is 60.2 Å². The van der Waals surface area contributed by atoms with Crippen molar-refractivity contribution in [3.05, 3.63) is 88.5 Å². The molecule has 0 spiro atoms. The molecule has 0 bridgehead atoms. The van der Waals surface area contributed by atoms with E-state index in [-0.39, 0.29) is 11.4 Å². The molecule has 4 amide bonds. The van der Waals surface area contributed by atoms with Crippen molar-refractivity contribution in [3.8, 4) is 5.69 Å².